The summed E-state index contributed by atoms with van der Waals surface area (Å²) in [6, 6.07) is 0. The summed E-state index contributed by atoms with van der Waals surface area (Å²) >= 11 is 0. The minimum absolute atomic E-state index is 0.709. The Bertz CT molecular complexity index is 328. The first-order valence-corrected chi connectivity index (χ1v) is 6.34. The van der Waals surface area contributed by atoms with Crippen LogP contribution in [-0.4, -0.2) is 47.0 Å². The summed E-state index contributed by atoms with van der Waals surface area (Å²) in [6.07, 6.45) is -1.42. The average molecular weight is 250 g/mol. The monoisotopic (exact) mass is 250 g/mol. The third kappa shape index (κ3) is 4.83. The second-order valence-electron chi connectivity index (χ2n) is 2.52. The van der Waals surface area contributed by atoms with E-state index in [0.29, 0.717) is 0 Å². The van der Waals surface area contributed by atoms with Gasteiger partial charge in [0, 0.05) is 0 Å². The Morgan fingerprint density at radius 1 is 0.786 bits per heavy atom. The highest BCUT2D eigenvalue weighted by atomic mass is 32.2. The molecule has 14 heavy (non-hydrogen) atoms. The summed E-state index contributed by atoms with van der Waals surface area (Å²) in [4.78, 5) is 0. The van der Waals surface area contributed by atoms with Gasteiger partial charge in [-0.15, -0.1) is 0 Å². The van der Waals surface area contributed by atoms with Gasteiger partial charge >= 0.3 is 0 Å². The van der Waals surface area contributed by atoms with Crippen molar-refractivity contribution in [3.63, 3.8) is 0 Å². The molecule has 0 saturated carbocycles. The van der Waals surface area contributed by atoms with Crippen LogP contribution in [-0.2, 0) is 20.2 Å². The van der Waals surface area contributed by atoms with Crippen LogP contribution in [0, 0.1) is 0 Å². The number of hydrogen-bond donors (Lipinski definition) is 4. The van der Waals surface area contributed by atoms with Gasteiger partial charge in [-0.1, -0.05) is 0 Å². The molecule has 10 heteroatoms. The van der Waals surface area contributed by atoms with E-state index < -0.39 is 43.9 Å². The number of hydrogen-bond acceptors (Lipinski definition) is 6. The fourth-order valence-electron chi connectivity index (χ4n) is 0.583. The molecule has 2 unspecified atom stereocenters. The maximum atomic E-state index is 10.2. The normalized spacial score (nSPS) is 17.7. The molecule has 0 spiro atoms. The van der Waals surface area contributed by atoms with Crippen LogP contribution in [0.3, 0.4) is 0 Å². The van der Waals surface area contributed by atoms with Crippen LogP contribution >= 0.6 is 0 Å². The van der Waals surface area contributed by atoms with E-state index in [-0.39, 0.29) is 0 Å². The first-order chi connectivity index (χ1) is 6.05. The Hall–Kier alpha value is -0.260. The quantitative estimate of drug-likeness (QED) is 0.416. The Balaban J connectivity index is 4.23. The number of aliphatic hydroxyl groups is 2. The molecule has 0 aliphatic heterocycles. The summed E-state index contributed by atoms with van der Waals surface area (Å²) < 4.78 is 57.3. The van der Waals surface area contributed by atoms with Crippen molar-refractivity contribution in [1.29, 1.82) is 0 Å². The van der Waals surface area contributed by atoms with E-state index in [1.807, 2.05) is 0 Å². The molecule has 0 aliphatic carbocycles. The summed E-state index contributed by atoms with van der Waals surface area (Å²) in [6.45, 7) is 0. The zero-order valence-corrected chi connectivity index (χ0v) is 8.44. The molecule has 0 amide bonds. The zero-order chi connectivity index (χ0) is 11.6. The fourth-order valence-corrected chi connectivity index (χ4v) is 1.45. The van der Waals surface area contributed by atoms with Gasteiger partial charge in [-0.2, -0.15) is 16.8 Å². The lowest BCUT2D eigenvalue weighted by Crippen LogP contribution is -2.25. The lowest BCUT2D eigenvalue weighted by atomic mass is 10.3. The average Bonchev–Trinajstić information content (AvgIpc) is 1.95. The summed E-state index contributed by atoms with van der Waals surface area (Å²) in [5.74, 6) is 0. The molecule has 0 radical (unpaired) electrons. The Labute approximate surface area is 80.7 Å². The maximum Gasteiger partial charge on any atom is 0.291 e. The van der Waals surface area contributed by atoms with Crippen LogP contribution in [0.15, 0.2) is 0 Å². The SMILES string of the molecule is O=S(=O)(O)C(O)CCC(O)S(=O)(=O)O. The molecular weight excluding hydrogens is 240 g/mol. The number of aliphatic hydroxyl groups excluding tert-OH is 2. The van der Waals surface area contributed by atoms with Gasteiger partial charge < -0.3 is 10.2 Å². The van der Waals surface area contributed by atoms with E-state index in [1.54, 1.807) is 0 Å². The highest BCUT2D eigenvalue weighted by Gasteiger charge is 2.25. The largest absolute Gasteiger partial charge is 0.375 e. The van der Waals surface area contributed by atoms with Crippen molar-refractivity contribution < 1.29 is 36.2 Å². The predicted octanol–water partition coefficient (Wildman–Crippen LogP) is -1.82. The molecule has 0 aromatic rings. The molecule has 8 nitrogen and oxygen atoms in total. The first kappa shape index (κ1) is 13.7. The third-order valence-electron chi connectivity index (χ3n) is 1.35. The standard InChI is InChI=1S/C4H10O8S2/c5-3(13(7,8)9)1-2-4(6)14(10,11)12/h3-6H,1-2H2,(H,7,8,9)(H,10,11,12). The molecule has 2 atom stereocenters. The third-order valence-corrected chi connectivity index (χ3v) is 3.19. The molecule has 0 saturated heterocycles. The molecule has 86 valence electrons. The van der Waals surface area contributed by atoms with Gasteiger partial charge in [-0.05, 0) is 12.8 Å². The van der Waals surface area contributed by atoms with Crippen molar-refractivity contribution in [2.75, 3.05) is 0 Å². The fraction of sp³-hybridized carbons (Fsp3) is 1.00. The Kier molecular flexibility index (Phi) is 4.42. The molecule has 4 N–H and O–H groups in total. The number of rotatable bonds is 5. The van der Waals surface area contributed by atoms with Crippen LogP contribution in [0.5, 0.6) is 0 Å². The minimum atomic E-state index is -4.68. The molecule has 0 heterocycles. The van der Waals surface area contributed by atoms with Crippen molar-refractivity contribution in [2.24, 2.45) is 0 Å². The van der Waals surface area contributed by atoms with Crippen LogP contribution < -0.4 is 0 Å². The van der Waals surface area contributed by atoms with Crippen molar-refractivity contribution in [1.82, 2.24) is 0 Å². The van der Waals surface area contributed by atoms with Gasteiger partial charge in [0.1, 0.15) is 0 Å². The van der Waals surface area contributed by atoms with Crippen molar-refractivity contribution in [3.05, 3.63) is 0 Å². The van der Waals surface area contributed by atoms with Gasteiger partial charge in [0.15, 0.2) is 10.9 Å². The van der Waals surface area contributed by atoms with E-state index >= 15 is 0 Å². The van der Waals surface area contributed by atoms with Crippen molar-refractivity contribution in [2.45, 2.75) is 23.7 Å². The smallest absolute Gasteiger partial charge is 0.291 e. The van der Waals surface area contributed by atoms with E-state index in [9.17, 15) is 16.8 Å². The van der Waals surface area contributed by atoms with Crippen LogP contribution in [0.25, 0.3) is 0 Å². The van der Waals surface area contributed by atoms with Crippen LogP contribution in [0.2, 0.25) is 0 Å². The van der Waals surface area contributed by atoms with Crippen LogP contribution in [0.4, 0.5) is 0 Å². The van der Waals surface area contributed by atoms with Crippen molar-refractivity contribution in [3.8, 4) is 0 Å². The zero-order valence-electron chi connectivity index (χ0n) is 6.81. The van der Waals surface area contributed by atoms with E-state index in [0.717, 1.165) is 0 Å². The lowest BCUT2D eigenvalue weighted by molar-refractivity contribution is 0.178. The van der Waals surface area contributed by atoms with Gasteiger partial charge in [0.25, 0.3) is 20.2 Å². The molecular formula is C4H10O8S2. The molecule has 0 aromatic heterocycles. The predicted molar refractivity (Wildman–Crippen MR) is 44.3 cm³/mol. The highest BCUT2D eigenvalue weighted by molar-refractivity contribution is 7.86. The summed E-state index contributed by atoms with van der Waals surface area (Å²) in [5, 5.41) is 17.3. The summed E-state index contributed by atoms with van der Waals surface area (Å²) in [7, 11) is -9.35. The maximum absolute atomic E-state index is 10.2. The van der Waals surface area contributed by atoms with Gasteiger partial charge in [-0.3, -0.25) is 9.11 Å². The molecule has 0 fully saturated rings. The van der Waals surface area contributed by atoms with E-state index in [4.69, 9.17) is 19.3 Å². The van der Waals surface area contributed by atoms with E-state index in [2.05, 4.69) is 0 Å². The summed E-state index contributed by atoms with van der Waals surface area (Å²) in [5.41, 5.74) is -4.36. The van der Waals surface area contributed by atoms with Crippen LogP contribution in [0.1, 0.15) is 12.8 Å². The molecule has 0 aliphatic rings. The van der Waals surface area contributed by atoms with Gasteiger partial charge in [-0.25, -0.2) is 0 Å². The van der Waals surface area contributed by atoms with Gasteiger partial charge in [0.05, 0.1) is 0 Å². The van der Waals surface area contributed by atoms with E-state index in [1.165, 1.54) is 0 Å². The lowest BCUT2D eigenvalue weighted by Gasteiger charge is -2.09. The molecule has 0 bridgehead atoms. The first-order valence-electron chi connectivity index (χ1n) is 3.34. The topological polar surface area (TPSA) is 149 Å². The Morgan fingerprint density at radius 2 is 1.00 bits per heavy atom. The minimum Gasteiger partial charge on any atom is -0.375 e. The highest BCUT2D eigenvalue weighted by Crippen LogP contribution is 2.09. The Morgan fingerprint density at radius 3 is 1.14 bits per heavy atom. The second kappa shape index (κ2) is 4.51. The van der Waals surface area contributed by atoms with Gasteiger partial charge in [0.2, 0.25) is 0 Å². The molecule has 0 aromatic carbocycles. The van der Waals surface area contributed by atoms with Crippen molar-refractivity contribution >= 4 is 20.2 Å². The second-order valence-corrected chi connectivity index (χ2v) is 5.66. The molecule has 0 rings (SSSR count).